The van der Waals surface area contributed by atoms with Crippen LogP contribution in [0.2, 0.25) is 0 Å². The molecule has 0 aromatic rings. The van der Waals surface area contributed by atoms with Gasteiger partial charge in [-0.05, 0) is 12.8 Å². The molecule has 0 aliphatic carbocycles. The number of hydrogen-bond donors (Lipinski definition) is 2. The standard InChI is InChI=1S/C20H36O4/c1-2-3-4-5-6-7-8-9-10-11-12-13-14-15-16-18(20(23)24)17-19(21)22/h17H,2-16H2,1H3,(H,21,22)(H,23,24)/b18-17+. The lowest BCUT2D eigenvalue weighted by Crippen LogP contribution is -2.04. The lowest BCUT2D eigenvalue weighted by atomic mass is 10.0. The van der Waals surface area contributed by atoms with Crippen LogP contribution >= 0.6 is 0 Å². The Morgan fingerprint density at radius 1 is 0.667 bits per heavy atom. The maximum absolute atomic E-state index is 10.9. The molecule has 0 radical (unpaired) electrons. The van der Waals surface area contributed by atoms with Crippen molar-refractivity contribution >= 4 is 11.9 Å². The number of carbonyl (C=O) groups is 2. The predicted molar refractivity (Wildman–Crippen MR) is 98.3 cm³/mol. The van der Waals surface area contributed by atoms with Crippen molar-refractivity contribution in [1.29, 1.82) is 0 Å². The minimum atomic E-state index is -1.18. The zero-order valence-corrected chi connectivity index (χ0v) is 15.4. The van der Waals surface area contributed by atoms with Gasteiger partial charge in [-0.15, -0.1) is 0 Å². The van der Waals surface area contributed by atoms with Crippen LogP contribution in [0.3, 0.4) is 0 Å². The second-order valence-electron chi connectivity index (χ2n) is 6.66. The molecule has 0 spiro atoms. The number of hydrogen-bond acceptors (Lipinski definition) is 2. The molecule has 0 bridgehead atoms. The van der Waals surface area contributed by atoms with Gasteiger partial charge in [-0.1, -0.05) is 90.4 Å². The maximum Gasteiger partial charge on any atom is 0.331 e. The Hall–Kier alpha value is -1.32. The van der Waals surface area contributed by atoms with Gasteiger partial charge < -0.3 is 10.2 Å². The molecule has 2 N–H and O–H groups in total. The van der Waals surface area contributed by atoms with Crippen LogP contribution < -0.4 is 0 Å². The normalized spacial score (nSPS) is 11.6. The summed E-state index contributed by atoms with van der Waals surface area (Å²) >= 11 is 0. The lowest BCUT2D eigenvalue weighted by molar-refractivity contribution is -0.135. The monoisotopic (exact) mass is 340 g/mol. The van der Waals surface area contributed by atoms with Crippen molar-refractivity contribution in [1.82, 2.24) is 0 Å². The van der Waals surface area contributed by atoms with E-state index in [1.165, 1.54) is 70.6 Å². The van der Waals surface area contributed by atoms with Gasteiger partial charge in [-0.3, -0.25) is 0 Å². The first-order valence-electron chi connectivity index (χ1n) is 9.74. The molecule has 0 amide bonds. The summed E-state index contributed by atoms with van der Waals surface area (Å²) in [6.07, 6.45) is 18.7. The van der Waals surface area contributed by atoms with Crippen molar-refractivity contribution in [3.8, 4) is 0 Å². The molecule has 0 aliphatic rings. The molecular weight excluding hydrogens is 304 g/mol. The van der Waals surface area contributed by atoms with Crippen molar-refractivity contribution < 1.29 is 19.8 Å². The largest absolute Gasteiger partial charge is 0.478 e. The molecule has 0 saturated carbocycles. The third kappa shape index (κ3) is 15.6. The number of carboxylic acids is 2. The molecule has 0 aromatic heterocycles. The summed E-state index contributed by atoms with van der Waals surface area (Å²) in [7, 11) is 0. The van der Waals surface area contributed by atoms with Crippen LogP contribution in [-0.4, -0.2) is 22.2 Å². The summed E-state index contributed by atoms with van der Waals surface area (Å²) in [5.41, 5.74) is 0.00133. The molecule has 0 aromatic carbocycles. The summed E-state index contributed by atoms with van der Waals surface area (Å²) in [4.78, 5) is 21.4. The summed E-state index contributed by atoms with van der Waals surface area (Å²) in [5.74, 6) is -2.30. The predicted octanol–water partition coefficient (Wildman–Crippen LogP) is 5.95. The van der Waals surface area contributed by atoms with Crippen LogP contribution in [0, 0.1) is 0 Å². The molecule has 0 unspecified atom stereocenters. The summed E-state index contributed by atoms with van der Waals surface area (Å²) < 4.78 is 0. The van der Waals surface area contributed by atoms with E-state index in [0.29, 0.717) is 6.42 Å². The van der Waals surface area contributed by atoms with Crippen LogP contribution in [0.5, 0.6) is 0 Å². The highest BCUT2D eigenvalue weighted by molar-refractivity contribution is 5.94. The fraction of sp³-hybridized carbons (Fsp3) is 0.800. The Morgan fingerprint density at radius 2 is 1.04 bits per heavy atom. The van der Waals surface area contributed by atoms with E-state index in [9.17, 15) is 9.59 Å². The minimum absolute atomic E-state index is 0.00133. The van der Waals surface area contributed by atoms with E-state index in [1.807, 2.05) is 0 Å². The zero-order valence-electron chi connectivity index (χ0n) is 15.4. The smallest absolute Gasteiger partial charge is 0.331 e. The van der Waals surface area contributed by atoms with Gasteiger partial charge in [0.2, 0.25) is 0 Å². The minimum Gasteiger partial charge on any atom is -0.478 e. The maximum atomic E-state index is 10.9. The molecule has 0 heterocycles. The molecule has 0 fully saturated rings. The number of rotatable bonds is 17. The van der Waals surface area contributed by atoms with Gasteiger partial charge in [0.15, 0.2) is 0 Å². The molecule has 0 rings (SSSR count). The van der Waals surface area contributed by atoms with Crippen LogP contribution in [0.1, 0.15) is 103 Å². The molecular formula is C20H36O4. The zero-order chi connectivity index (χ0) is 18.0. The Bertz CT molecular complexity index is 361. The highest BCUT2D eigenvalue weighted by Crippen LogP contribution is 2.14. The van der Waals surface area contributed by atoms with Crippen LogP contribution in [0.15, 0.2) is 11.6 Å². The van der Waals surface area contributed by atoms with Gasteiger partial charge in [0.05, 0.1) is 0 Å². The van der Waals surface area contributed by atoms with Crippen molar-refractivity contribution in [2.24, 2.45) is 0 Å². The van der Waals surface area contributed by atoms with Crippen LogP contribution in [-0.2, 0) is 9.59 Å². The van der Waals surface area contributed by atoms with Crippen LogP contribution in [0.4, 0.5) is 0 Å². The Balaban J connectivity index is 3.36. The van der Waals surface area contributed by atoms with E-state index in [-0.39, 0.29) is 5.57 Å². The molecule has 140 valence electrons. The Labute approximate surface area is 147 Å². The molecule has 0 saturated heterocycles. The fourth-order valence-corrected chi connectivity index (χ4v) is 2.90. The molecule has 0 atom stereocenters. The molecule has 4 nitrogen and oxygen atoms in total. The van der Waals surface area contributed by atoms with Crippen molar-refractivity contribution in [3.05, 3.63) is 11.6 Å². The second-order valence-corrected chi connectivity index (χ2v) is 6.66. The van der Waals surface area contributed by atoms with Crippen molar-refractivity contribution in [2.45, 2.75) is 103 Å². The van der Waals surface area contributed by atoms with Gasteiger partial charge in [0.1, 0.15) is 0 Å². The van der Waals surface area contributed by atoms with E-state index in [0.717, 1.165) is 25.3 Å². The van der Waals surface area contributed by atoms with E-state index >= 15 is 0 Å². The fourth-order valence-electron chi connectivity index (χ4n) is 2.90. The van der Waals surface area contributed by atoms with E-state index in [1.54, 1.807) is 0 Å². The van der Waals surface area contributed by atoms with Crippen molar-refractivity contribution in [2.75, 3.05) is 0 Å². The van der Waals surface area contributed by atoms with Crippen molar-refractivity contribution in [3.63, 3.8) is 0 Å². The van der Waals surface area contributed by atoms with Gasteiger partial charge in [-0.25, -0.2) is 9.59 Å². The molecule has 0 aliphatic heterocycles. The topological polar surface area (TPSA) is 74.6 Å². The van der Waals surface area contributed by atoms with E-state index < -0.39 is 11.9 Å². The quantitative estimate of drug-likeness (QED) is 0.253. The first-order valence-corrected chi connectivity index (χ1v) is 9.74. The summed E-state index contributed by atoms with van der Waals surface area (Å²) in [6, 6.07) is 0. The highest BCUT2D eigenvalue weighted by Gasteiger charge is 2.08. The van der Waals surface area contributed by atoms with E-state index in [4.69, 9.17) is 10.2 Å². The third-order valence-corrected chi connectivity index (χ3v) is 4.37. The van der Waals surface area contributed by atoms with Gasteiger partial charge in [-0.2, -0.15) is 0 Å². The van der Waals surface area contributed by atoms with Gasteiger partial charge in [0.25, 0.3) is 0 Å². The highest BCUT2D eigenvalue weighted by atomic mass is 16.4. The average molecular weight is 341 g/mol. The van der Waals surface area contributed by atoms with Gasteiger partial charge in [0, 0.05) is 11.6 Å². The Kier molecular flexibility index (Phi) is 15.6. The molecule has 4 heteroatoms. The SMILES string of the molecule is CCCCCCCCCCCCCCCC/C(=C\C(=O)O)C(=O)O. The first-order chi connectivity index (χ1) is 11.6. The number of carboxylic acid groups (broad SMARTS) is 2. The van der Waals surface area contributed by atoms with Gasteiger partial charge >= 0.3 is 11.9 Å². The average Bonchev–Trinajstić information content (AvgIpc) is 2.53. The molecule has 24 heavy (non-hydrogen) atoms. The Morgan fingerprint density at radius 3 is 1.38 bits per heavy atom. The summed E-state index contributed by atoms with van der Waals surface area (Å²) in [5, 5.41) is 17.5. The van der Waals surface area contributed by atoms with Crippen LogP contribution in [0.25, 0.3) is 0 Å². The number of aliphatic carboxylic acids is 2. The third-order valence-electron chi connectivity index (χ3n) is 4.37. The lowest BCUT2D eigenvalue weighted by Gasteiger charge is -2.04. The van der Waals surface area contributed by atoms with E-state index in [2.05, 4.69) is 6.92 Å². The number of unbranched alkanes of at least 4 members (excludes halogenated alkanes) is 13. The summed E-state index contributed by atoms with van der Waals surface area (Å²) in [6.45, 7) is 2.25. The first kappa shape index (κ1) is 22.7. The second kappa shape index (κ2) is 16.5.